The number of nitrogens with one attached hydrogen (secondary N) is 1. The van der Waals surface area contributed by atoms with Gasteiger partial charge in [0.2, 0.25) is 11.3 Å². The highest BCUT2D eigenvalue weighted by Gasteiger charge is 2.21. The number of benzene rings is 1. The first kappa shape index (κ1) is 13.5. The van der Waals surface area contributed by atoms with E-state index >= 15 is 0 Å². The van der Waals surface area contributed by atoms with E-state index in [1.54, 1.807) is 24.6 Å². The standard InChI is InChI=1S/C18H12FN3O/c19-14-8-6-13(7-9-14)12-20-18-17(15-4-3-11-23-15)21-16-5-1-2-10-22(16)18/h1-12H/p+1. The largest absolute Gasteiger partial charge is 0.461 e. The fraction of sp³-hybridized carbons (Fsp3) is 0. The number of nitrogens with zero attached hydrogens (tertiary/aromatic N) is 2. The lowest BCUT2D eigenvalue weighted by molar-refractivity contribution is -0.495. The molecule has 0 fully saturated rings. The number of pyridine rings is 1. The molecule has 0 aliphatic rings. The number of H-pyrrole nitrogens is 1. The molecule has 0 atom stereocenters. The van der Waals surface area contributed by atoms with Crippen LogP contribution in [0.25, 0.3) is 17.1 Å². The molecule has 0 aliphatic carbocycles. The van der Waals surface area contributed by atoms with E-state index in [9.17, 15) is 4.39 Å². The number of aromatic nitrogens is 2. The van der Waals surface area contributed by atoms with Gasteiger partial charge in [0.25, 0.3) is 0 Å². The second-order valence-corrected chi connectivity index (χ2v) is 5.07. The van der Waals surface area contributed by atoms with E-state index in [2.05, 4.69) is 9.98 Å². The predicted molar refractivity (Wildman–Crippen MR) is 85.3 cm³/mol. The van der Waals surface area contributed by atoms with E-state index in [-0.39, 0.29) is 5.82 Å². The lowest BCUT2D eigenvalue weighted by Crippen LogP contribution is -2.17. The van der Waals surface area contributed by atoms with Gasteiger partial charge in [-0.15, -0.1) is 4.99 Å². The van der Waals surface area contributed by atoms with Crippen molar-refractivity contribution < 1.29 is 13.2 Å². The molecule has 0 radical (unpaired) electrons. The van der Waals surface area contributed by atoms with Crippen molar-refractivity contribution in [1.29, 1.82) is 0 Å². The van der Waals surface area contributed by atoms with Crippen molar-refractivity contribution in [2.45, 2.75) is 0 Å². The van der Waals surface area contributed by atoms with Crippen LogP contribution in [0, 0.1) is 5.82 Å². The molecule has 4 aromatic rings. The molecule has 0 saturated heterocycles. The third kappa shape index (κ3) is 2.53. The van der Waals surface area contributed by atoms with Crippen LogP contribution in [0.1, 0.15) is 5.56 Å². The molecular formula is C18H13FN3O+. The maximum absolute atomic E-state index is 13.0. The van der Waals surface area contributed by atoms with Gasteiger partial charge in [-0.1, -0.05) is 6.07 Å². The van der Waals surface area contributed by atoms with Crippen LogP contribution in [0.3, 0.4) is 0 Å². The summed E-state index contributed by atoms with van der Waals surface area (Å²) >= 11 is 0. The number of imidazole rings is 1. The molecule has 4 rings (SSSR count). The van der Waals surface area contributed by atoms with Crippen LogP contribution in [0.5, 0.6) is 0 Å². The summed E-state index contributed by atoms with van der Waals surface area (Å²) in [6, 6.07) is 15.8. The SMILES string of the molecule is Fc1ccc(C=Nc2c(-c3ccco3)[nH]c3cccc[n+]23)cc1. The van der Waals surface area contributed by atoms with Gasteiger partial charge in [-0.05, 0) is 42.5 Å². The number of furan rings is 1. The van der Waals surface area contributed by atoms with Crippen molar-refractivity contribution in [3.8, 4) is 11.5 Å². The molecule has 5 heteroatoms. The number of rotatable bonds is 3. The van der Waals surface area contributed by atoms with Crippen LogP contribution in [-0.2, 0) is 0 Å². The Bertz CT molecular complexity index is 969. The summed E-state index contributed by atoms with van der Waals surface area (Å²) in [5.74, 6) is 1.17. The van der Waals surface area contributed by atoms with E-state index in [0.29, 0.717) is 5.76 Å². The monoisotopic (exact) mass is 306 g/mol. The Hall–Kier alpha value is -3.21. The van der Waals surface area contributed by atoms with Gasteiger partial charge >= 0.3 is 5.82 Å². The van der Waals surface area contributed by atoms with Gasteiger partial charge in [0.05, 0.1) is 12.5 Å². The molecule has 0 unspecified atom stereocenters. The molecule has 1 N–H and O–H groups in total. The summed E-state index contributed by atoms with van der Waals surface area (Å²) in [7, 11) is 0. The summed E-state index contributed by atoms with van der Waals surface area (Å²) in [6.45, 7) is 0. The Labute approximate surface area is 131 Å². The van der Waals surface area contributed by atoms with E-state index in [4.69, 9.17) is 4.42 Å². The number of aliphatic imine (C=N–C) groups is 1. The van der Waals surface area contributed by atoms with E-state index in [1.807, 2.05) is 40.9 Å². The summed E-state index contributed by atoms with van der Waals surface area (Å²) in [5.41, 5.74) is 2.52. The normalized spacial score (nSPS) is 11.5. The van der Waals surface area contributed by atoms with Crippen molar-refractivity contribution in [2.75, 3.05) is 0 Å². The highest BCUT2D eigenvalue weighted by Crippen LogP contribution is 2.27. The maximum atomic E-state index is 13.0. The minimum atomic E-state index is -0.264. The van der Waals surface area contributed by atoms with E-state index in [0.717, 1.165) is 22.7 Å². The third-order valence-corrected chi connectivity index (χ3v) is 3.54. The minimum absolute atomic E-state index is 0.264. The summed E-state index contributed by atoms with van der Waals surface area (Å²) < 4.78 is 20.4. The number of aromatic amines is 1. The van der Waals surface area contributed by atoms with Gasteiger partial charge in [-0.2, -0.15) is 4.40 Å². The zero-order valence-electron chi connectivity index (χ0n) is 12.1. The lowest BCUT2D eigenvalue weighted by atomic mass is 10.2. The van der Waals surface area contributed by atoms with Crippen LogP contribution in [0.4, 0.5) is 10.2 Å². The Morgan fingerprint density at radius 3 is 2.70 bits per heavy atom. The fourth-order valence-electron chi connectivity index (χ4n) is 2.44. The first-order valence-electron chi connectivity index (χ1n) is 7.17. The van der Waals surface area contributed by atoms with Crippen molar-refractivity contribution in [3.05, 3.63) is 78.4 Å². The minimum Gasteiger partial charge on any atom is -0.461 e. The Balaban J connectivity index is 1.84. The Morgan fingerprint density at radius 2 is 1.91 bits per heavy atom. The zero-order chi connectivity index (χ0) is 15.6. The molecule has 4 nitrogen and oxygen atoms in total. The second-order valence-electron chi connectivity index (χ2n) is 5.07. The predicted octanol–water partition coefficient (Wildman–Crippen LogP) is 3.90. The van der Waals surface area contributed by atoms with E-state index in [1.165, 1.54) is 12.1 Å². The molecule has 0 aliphatic heterocycles. The van der Waals surface area contributed by atoms with Crippen LogP contribution >= 0.6 is 0 Å². The van der Waals surface area contributed by atoms with Crippen LogP contribution < -0.4 is 4.40 Å². The zero-order valence-corrected chi connectivity index (χ0v) is 12.1. The van der Waals surface area contributed by atoms with Crippen LogP contribution in [0.2, 0.25) is 0 Å². The summed E-state index contributed by atoms with van der Waals surface area (Å²) in [4.78, 5) is 7.88. The Morgan fingerprint density at radius 1 is 1.04 bits per heavy atom. The van der Waals surface area contributed by atoms with Crippen molar-refractivity contribution >= 4 is 17.7 Å². The molecular weight excluding hydrogens is 293 g/mol. The third-order valence-electron chi connectivity index (χ3n) is 3.54. The van der Waals surface area contributed by atoms with Crippen LogP contribution in [0.15, 0.2) is 76.5 Å². The average molecular weight is 306 g/mol. The molecule has 112 valence electrons. The number of hydrogen-bond donors (Lipinski definition) is 1. The van der Waals surface area contributed by atoms with Gasteiger partial charge in [-0.25, -0.2) is 4.39 Å². The van der Waals surface area contributed by atoms with Crippen molar-refractivity contribution in [3.63, 3.8) is 0 Å². The van der Waals surface area contributed by atoms with Gasteiger partial charge in [-0.3, -0.25) is 4.98 Å². The molecule has 3 heterocycles. The van der Waals surface area contributed by atoms with Gasteiger partial charge < -0.3 is 4.42 Å². The van der Waals surface area contributed by atoms with Crippen molar-refractivity contribution in [2.24, 2.45) is 4.99 Å². The quantitative estimate of drug-likeness (QED) is 0.453. The average Bonchev–Trinajstić information content (AvgIpc) is 3.22. The van der Waals surface area contributed by atoms with Gasteiger partial charge in [0.1, 0.15) is 12.0 Å². The lowest BCUT2D eigenvalue weighted by Gasteiger charge is -1.91. The van der Waals surface area contributed by atoms with E-state index < -0.39 is 0 Å². The molecule has 3 aromatic heterocycles. The highest BCUT2D eigenvalue weighted by atomic mass is 19.1. The molecule has 1 aromatic carbocycles. The molecule has 23 heavy (non-hydrogen) atoms. The fourth-order valence-corrected chi connectivity index (χ4v) is 2.44. The smallest absolute Gasteiger partial charge is 0.310 e. The number of halogens is 1. The molecule has 0 spiro atoms. The van der Waals surface area contributed by atoms with Gasteiger partial charge in [0.15, 0.2) is 5.76 Å². The topological polar surface area (TPSA) is 45.4 Å². The molecule has 0 bridgehead atoms. The maximum Gasteiger partial charge on any atom is 0.310 e. The number of hydrogen-bond acceptors (Lipinski definition) is 2. The first-order valence-corrected chi connectivity index (χ1v) is 7.17. The van der Waals surface area contributed by atoms with Crippen molar-refractivity contribution in [1.82, 2.24) is 4.98 Å². The summed E-state index contributed by atoms with van der Waals surface area (Å²) in [6.07, 6.45) is 5.25. The first-order chi connectivity index (χ1) is 11.3. The van der Waals surface area contributed by atoms with Crippen LogP contribution in [-0.4, -0.2) is 11.2 Å². The second kappa shape index (κ2) is 5.53. The number of fused-ring (bicyclic) bond motifs is 1. The Kier molecular flexibility index (Phi) is 3.24. The van der Waals surface area contributed by atoms with Gasteiger partial charge in [0, 0.05) is 11.6 Å². The highest BCUT2D eigenvalue weighted by molar-refractivity contribution is 5.83. The summed E-state index contributed by atoms with van der Waals surface area (Å²) in [5, 5.41) is 0. The molecule has 0 amide bonds. The molecule has 0 saturated carbocycles.